The van der Waals surface area contributed by atoms with Gasteiger partial charge in [0.05, 0.1) is 6.61 Å². The molecule has 1 amide bonds. The number of nitriles is 1. The van der Waals surface area contributed by atoms with Gasteiger partial charge in [-0.15, -0.1) is 0 Å². The lowest BCUT2D eigenvalue weighted by atomic mass is 10.1. The van der Waals surface area contributed by atoms with E-state index in [9.17, 15) is 4.79 Å². The Kier molecular flexibility index (Phi) is 3.80. The molecule has 1 fully saturated rings. The van der Waals surface area contributed by atoms with E-state index >= 15 is 0 Å². The number of amides is 1. The van der Waals surface area contributed by atoms with Crippen LogP contribution in [0.15, 0.2) is 6.07 Å². The molecule has 7 nitrogen and oxygen atoms in total. The third-order valence-electron chi connectivity index (χ3n) is 2.99. The summed E-state index contributed by atoms with van der Waals surface area (Å²) in [7, 11) is 0. The maximum Gasteiger partial charge on any atom is 0.404 e. The zero-order chi connectivity index (χ0) is 13.8. The zero-order valence-electron chi connectivity index (χ0n) is 10.7. The summed E-state index contributed by atoms with van der Waals surface area (Å²) in [6.45, 7) is 3.61. The molecule has 0 aliphatic carbocycles. The molecule has 0 saturated carbocycles. The normalized spacial score (nSPS) is 18.1. The number of aryl methyl sites for hydroxylation is 1. The Morgan fingerprint density at radius 2 is 2.47 bits per heavy atom. The van der Waals surface area contributed by atoms with Crippen LogP contribution in [0.3, 0.4) is 0 Å². The second kappa shape index (κ2) is 5.52. The predicted molar refractivity (Wildman–Crippen MR) is 67.3 cm³/mol. The highest BCUT2D eigenvalue weighted by Crippen LogP contribution is 2.21. The van der Waals surface area contributed by atoms with Gasteiger partial charge in [0, 0.05) is 24.7 Å². The number of carbonyl (C=O) groups excluding carboxylic acids is 1. The number of rotatable bonds is 3. The van der Waals surface area contributed by atoms with Gasteiger partial charge in [0.25, 0.3) is 0 Å². The van der Waals surface area contributed by atoms with Crippen LogP contribution in [0.1, 0.15) is 17.8 Å². The van der Waals surface area contributed by atoms with Gasteiger partial charge in [-0.2, -0.15) is 5.26 Å². The highest BCUT2D eigenvalue weighted by Gasteiger charge is 2.25. The van der Waals surface area contributed by atoms with Crippen molar-refractivity contribution in [2.75, 3.05) is 24.6 Å². The van der Waals surface area contributed by atoms with Crippen molar-refractivity contribution in [3.63, 3.8) is 0 Å². The molecule has 0 radical (unpaired) electrons. The molecule has 1 aliphatic heterocycles. The average molecular weight is 261 g/mol. The minimum absolute atomic E-state index is 0.224. The molecule has 1 aromatic heterocycles. The number of anilines is 1. The van der Waals surface area contributed by atoms with Gasteiger partial charge in [0.2, 0.25) is 5.95 Å². The summed E-state index contributed by atoms with van der Waals surface area (Å²) in [5.41, 5.74) is 6.06. The van der Waals surface area contributed by atoms with Crippen LogP contribution in [0.25, 0.3) is 0 Å². The molecule has 1 atom stereocenters. The van der Waals surface area contributed by atoms with Crippen LogP contribution in [0, 0.1) is 24.2 Å². The molecule has 0 unspecified atom stereocenters. The van der Waals surface area contributed by atoms with Crippen LogP contribution in [0.5, 0.6) is 0 Å². The number of nitrogens with zero attached hydrogens (tertiary/aromatic N) is 4. The van der Waals surface area contributed by atoms with Crippen molar-refractivity contribution in [3.8, 4) is 6.07 Å². The first kappa shape index (κ1) is 13.1. The average Bonchev–Trinajstić information content (AvgIpc) is 2.84. The van der Waals surface area contributed by atoms with Gasteiger partial charge in [-0.05, 0) is 19.4 Å². The van der Waals surface area contributed by atoms with Crippen molar-refractivity contribution in [2.45, 2.75) is 13.3 Å². The Balaban J connectivity index is 2.02. The molecule has 7 heteroatoms. The number of carbonyl (C=O) groups is 1. The molecule has 0 spiro atoms. The minimum atomic E-state index is -0.753. The number of ether oxygens (including phenoxy) is 1. The lowest BCUT2D eigenvalue weighted by Crippen LogP contribution is -2.25. The lowest BCUT2D eigenvalue weighted by Gasteiger charge is -2.16. The van der Waals surface area contributed by atoms with E-state index in [2.05, 4.69) is 9.97 Å². The number of nitrogens with two attached hydrogens (primary N) is 1. The Labute approximate surface area is 111 Å². The first-order chi connectivity index (χ1) is 9.08. The number of aromatic nitrogens is 2. The van der Waals surface area contributed by atoms with Crippen molar-refractivity contribution in [2.24, 2.45) is 11.7 Å². The van der Waals surface area contributed by atoms with E-state index in [0.717, 1.165) is 18.7 Å². The van der Waals surface area contributed by atoms with Gasteiger partial charge in [-0.3, -0.25) is 0 Å². The fourth-order valence-corrected chi connectivity index (χ4v) is 2.10. The smallest absolute Gasteiger partial charge is 0.404 e. The molecule has 2 rings (SSSR count). The van der Waals surface area contributed by atoms with E-state index in [1.54, 1.807) is 6.07 Å². The van der Waals surface area contributed by atoms with Crippen molar-refractivity contribution in [3.05, 3.63) is 17.5 Å². The van der Waals surface area contributed by atoms with Crippen molar-refractivity contribution in [1.82, 2.24) is 9.97 Å². The fraction of sp³-hybridized carbons (Fsp3) is 0.500. The van der Waals surface area contributed by atoms with Crippen LogP contribution in [-0.2, 0) is 4.74 Å². The monoisotopic (exact) mass is 261 g/mol. The molecule has 2 N–H and O–H groups in total. The highest BCUT2D eigenvalue weighted by atomic mass is 16.5. The quantitative estimate of drug-likeness (QED) is 0.853. The lowest BCUT2D eigenvalue weighted by molar-refractivity contribution is 0.140. The van der Waals surface area contributed by atoms with E-state index < -0.39 is 6.09 Å². The molecule has 19 heavy (non-hydrogen) atoms. The Morgan fingerprint density at radius 1 is 1.68 bits per heavy atom. The first-order valence-electron chi connectivity index (χ1n) is 6.01. The predicted octanol–water partition coefficient (Wildman–Crippen LogP) is 0.578. The molecule has 0 bridgehead atoms. The van der Waals surface area contributed by atoms with E-state index in [4.69, 9.17) is 15.7 Å². The number of hydrogen-bond donors (Lipinski definition) is 1. The maximum atomic E-state index is 10.6. The summed E-state index contributed by atoms with van der Waals surface area (Å²) in [6.07, 6.45) is 0.129. The van der Waals surface area contributed by atoms with Crippen LogP contribution < -0.4 is 10.6 Å². The molecule has 2 heterocycles. The van der Waals surface area contributed by atoms with Crippen LogP contribution in [-0.4, -0.2) is 35.8 Å². The first-order valence-corrected chi connectivity index (χ1v) is 6.01. The van der Waals surface area contributed by atoms with Crippen LogP contribution in [0.4, 0.5) is 10.7 Å². The molecular formula is C12H15N5O2. The SMILES string of the molecule is Cc1cc(C#N)nc(N2CC[C@@H](COC(N)=O)C2)n1. The van der Waals surface area contributed by atoms with Crippen LogP contribution in [0.2, 0.25) is 0 Å². The number of primary amides is 1. The summed E-state index contributed by atoms with van der Waals surface area (Å²) in [4.78, 5) is 21.1. The van der Waals surface area contributed by atoms with E-state index in [0.29, 0.717) is 24.8 Å². The Hall–Kier alpha value is -2.36. The van der Waals surface area contributed by atoms with E-state index in [1.807, 2.05) is 17.9 Å². The summed E-state index contributed by atoms with van der Waals surface area (Å²) in [6, 6.07) is 3.67. The second-order valence-electron chi connectivity index (χ2n) is 4.54. The van der Waals surface area contributed by atoms with Gasteiger partial charge in [-0.25, -0.2) is 14.8 Å². The Bertz CT molecular complexity index is 525. The molecule has 1 aromatic rings. The molecular weight excluding hydrogens is 246 g/mol. The van der Waals surface area contributed by atoms with Crippen LogP contribution >= 0.6 is 0 Å². The fourth-order valence-electron chi connectivity index (χ4n) is 2.10. The van der Waals surface area contributed by atoms with Crippen molar-refractivity contribution < 1.29 is 9.53 Å². The largest absolute Gasteiger partial charge is 0.449 e. The van der Waals surface area contributed by atoms with Gasteiger partial charge in [0.1, 0.15) is 11.8 Å². The summed E-state index contributed by atoms with van der Waals surface area (Å²) in [5, 5.41) is 8.90. The maximum absolute atomic E-state index is 10.6. The van der Waals surface area contributed by atoms with Gasteiger partial charge >= 0.3 is 6.09 Å². The summed E-state index contributed by atoms with van der Waals surface area (Å²) >= 11 is 0. The van der Waals surface area contributed by atoms with Gasteiger partial charge < -0.3 is 15.4 Å². The third kappa shape index (κ3) is 3.31. The van der Waals surface area contributed by atoms with E-state index in [1.165, 1.54) is 0 Å². The zero-order valence-corrected chi connectivity index (χ0v) is 10.7. The standard InChI is InChI=1S/C12H15N5O2/c1-8-4-10(5-13)16-12(15-8)17-3-2-9(6-17)7-19-11(14)18/h4,9H,2-3,6-7H2,1H3,(H2,14,18)/t9-/m1/s1. The Morgan fingerprint density at radius 3 is 3.16 bits per heavy atom. The minimum Gasteiger partial charge on any atom is -0.449 e. The topological polar surface area (TPSA) is 105 Å². The van der Waals surface area contributed by atoms with E-state index in [-0.39, 0.29) is 5.92 Å². The molecule has 1 aliphatic rings. The number of hydrogen-bond acceptors (Lipinski definition) is 6. The molecule has 1 saturated heterocycles. The highest BCUT2D eigenvalue weighted by molar-refractivity contribution is 5.64. The summed E-state index contributed by atoms with van der Waals surface area (Å²) < 4.78 is 4.80. The summed E-state index contributed by atoms with van der Waals surface area (Å²) in [5.74, 6) is 0.778. The molecule has 100 valence electrons. The third-order valence-corrected chi connectivity index (χ3v) is 2.99. The van der Waals surface area contributed by atoms with Crippen molar-refractivity contribution >= 4 is 12.0 Å². The van der Waals surface area contributed by atoms with Gasteiger partial charge in [0.15, 0.2) is 0 Å². The second-order valence-corrected chi connectivity index (χ2v) is 4.54. The van der Waals surface area contributed by atoms with Crippen molar-refractivity contribution in [1.29, 1.82) is 5.26 Å². The molecule has 0 aromatic carbocycles. The van der Waals surface area contributed by atoms with Gasteiger partial charge in [-0.1, -0.05) is 0 Å².